The molecule has 1 aromatic carbocycles. The van der Waals surface area contributed by atoms with Gasteiger partial charge in [-0.1, -0.05) is 18.2 Å². The van der Waals surface area contributed by atoms with Crippen molar-refractivity contribution < 1.29 is 14.3 Å². The Morgan fingerprint density at radius 1 is 1.35 bits per heavy atom. The highest BCUT2D eigenvalue weighted by Crippen LogP contribution is 2.38. The molecule has 2 rings (SSSR count). The Labute approximate surface area is 120 Å². The van der Waals surface area contributed by atoms with Gasteiger partial charge in [0.1, 0.15) is 17.0 Å². The van der Waals surface area contributed by atoms with E-state index in [0.717, 1.165) is 17.7 Å². The molecule has 1 heterocycles. The van der Waals surface area contributed by atoms with Gasteiger partial charge in [-0.25, -0.2) is 4.79 Å². The SMILES string of the molecule is CC(C)(C)OC(=O)/C=C/c1cccc2c1OC(C)(C)C2. The van der Waals surface area contributed by atoms with Gasteiger partial charge in [0.15, 0.2) is 0 Å². The molecule has 0 aliphatic carbocycles. The van der Waals surface area contributed by atoms with Gasteiger partial charge in [-0.3, -0.25) is 0 Å². The van der Waals surface area contributed by atoms with Crippen molar-refractivity contribution in [3.8, 4) is 5.75 Å². The van der Waals surface area contributed by atoms with E-state index in [1.165, 1.54) is 11.6 Å². The summed E-state index contributed by atoms with van der Waals surface area (Å²) in [4.78, 5) is 11.7. The van der Waals surface area contributed by atoms with Crippen molar-refractivity contribution in [3.63, 3.8) is 0 Å². The smallest absolute Gasteiger partial charge is 0.331 e. The molecule has 0 bridgehead atoms. The average Bonchev–Trinajstić information content (AvgIpc) is 2.58. The normalized spacial score (nSPS) is 16.9. The van der Waals surface area contributed by atoms with Crippen LogP contribution in [0, 0.1) is 0 Å². The van der Waals surface area contributed by atoms with Crippen molar-refractivity contribution in [1.29, 1.82) is 0 Å². The summed E-state index contributed by atoms with van der Waals surface area (Å²) in [6.07, 6.45) is 4.10. The van der Waals surface area contributed by atoms with Crippen LogP contribution < -0.4 is 4.74 Å². The van der Waals surface area contributed by atoms with Gasteiger partial charge in [-0.05, 0) is 46.3 Å². The zero-order chi connectivity index (χ0) is 15.0. The van der Waals surface area contributed by atoms with Crippen molar-refractivity contribution in [1.82, 2.24) is 0 Å². The molecular formula is C17H22O3. The number of ether oxygens (including phenoxy) is 2. The van der Waals surface area contributed by atoms with Gasteiger partial charge in [0.2, 0.25) is 0 Å². The number of esters is 1. The minimum atomic E-state index is -0.474. The molecule has 0 aromatic heterocycles. The van der Waals surface area contributed by atoms with E-state index in [1.807, 2.05) is 32.9 Å². The zero-order valence-corrected chi connectivity index (χ0v) is 12.8. The first-order chi connectivity index (χ1) is 9.16. The summed E-state index contributed by atoms with van der Waals surface area (Å²) in [6, 6.07) is 5.99. The molecule has 1 aliphatic rings. The number of hydrogen-bond donors (Lipinski definition) is 0. The van der Waals surface area contributed by atoms with Crippen LogP contribution in [0.15, 0.2) is 24.3 Å². The second-order valence-electron chi connectivity index (χ2n) is 6.74. The lowest BCUT2D eigenvalue weighted by Crippen LogP contribution is -2.24. The molecule has 1 aliphatic heterocycles. The van der Waals surface area contributed by atoms with Crippen LogP contribution in [0.5, 0.6) is 5.75 Å². The number of para-hydroxylation sites is 1. The highest BCUT2D eigenvalue weighted by Gasteiger charge is 2.31. The van der Waals surface area contributed by atoms with Gasteiger partial charge < -0.3 is 9.47 Å². The van der Waals surface area contributed by atoms with Crippen LogP contribution in [0.2, 0.25) is 0 Å². The van der Waals surface area contributed by atoms with E-state index in [4.69, 9.17) is 9.47 Å². The molecule has 0 atom stereocenters. The number of hydrogen-bond acceptors (Lipinski definition) is 3. The highest BCUT2D eigenvalue weighted by atomic mass is 16.6. The van der Waals surface area contributed by atoms with Crippen LogP contribution in [0.25, 0.3) is 6.08 Å². The van der Waals surface area contributed by atoms with E-state index in [-0.39, 0.29) is 11.6 Å². The van der Waals surface area contributed by atoms with E-state index in [2.05, 4.69) is 19.9 Å². The number of carbonyl (C=O) groups excluding carboxylic acids is 1. The maximum atomic E-state index is 11.7. The monoisotopic (exact) mass is 274 g/mol. The minimum absolute atomic E-state index is 0.182. The lowest BCUT2D eigenvalue weighted by atomic mass is 10.0. The molecule has 108 valence electrons. The maximum Gasteiger partial charge on any atom is 0.331 e. The van der Waals surface area contributed by atoms with Crippen LogP contribution in [0.4, 0.5) is 0 Å². The third kappa shape index (κ3) is 3.62. The van der Waals surface area contributed by atoms with Crippen LogP contribution in [0.1, 0.15) is 45.7 Å². The topological polar surface area (TPSA) is 35.5 Å². The van der Waals surface area contributed by atoms with Gasteiger partial charge in [0.25, 0.3) is 0 Å². The fourth-order valence-electron chi connectivity index (χ4n) is 2.26. The van der Waals surface area contributed by atoms with Crippen molar-refractivity contribution in [3.05, 3.63) is 35.4 Å². The lowest BCUT2D eigenvalue weighted by molar-refractivity contribution is -0.148. The summed E-state index contributed by atoms with van der Waals surface area (Å²) in [5.41, 5.74) is 1.44. The van der Waals surface area contributed by atoms with Gasteiger partial charge in [0, 0.05) is 18.1 Å². The van der Waals surface area contributed by atoms with Crippen molar-refractivity contribution >= 4 is 12.0 Å². The Kier molecular flexibility index (Phi) is 3.63. The molecule has 3 nitrogen and oxygen atoms in total. The molecule has 0 saturated carbocycles. The molecule has 20 heavy (non-hydrogen) atoms. The van der Waals surface area contributed by atoms with Crippen LogP contribution in [-0.4, -0.2) is 17.2 Å². The van der Waals surface area contributed by atoms with Crippen LogP contribution in [-0.2, 0) is 16.0 Å². The van der Waals surface area contributed by atoms with E-state index in [1.54, 1.807) is 6.08 Å². The summed E-state index contributed by atoms with van der Waals surface area (Å²) in [7, 11) is 0. The minimum Gasteiger partial charge on any atom is -0.487 e. The molecule has 0 fully saturated rings. The fraction of sp³-hybridized carbons (Fsp3) is 0.471. The van der Waals surface area contributed by atoms with E-state index < -0.39 is 5.60 Å². The number of benzene rings is 1. The molecule has 0 saturated heterocycles. The number of rotatable bonds is 2. The second-order valence-corrected chi connectivity index (χ2v) is 6.74. The molecular weight excluding hydrogens is 252 g/mol. The summed E-state index contributed by atoms with van der Waals surface area (Å²) < 4.78 is 11.2. The Hall–Kier alpha value is -1.77. The van der Waals surface area contributed by atoms with E-state index >= 15 is 0 Å². The van der Waals surface area contributed by atoms with Gasteiger partial charge in [0.05, 0.1) is 0 Å². The quantitative estimate of drug-likeness (QED) is 0.608. The maximum absolute atomic E-state index is 11.7. The number of fused-ring (bicyclic) bond motifs is 1. The fourth-order valence-corrected chi connectivity index (χ4v) is 2.26. The predicted octanol–water partition coefficient (Wildman–Crippen LogP) is 3.76. The van der Waals surface area contributed by atoms with Crippen molar-refractivity contribution in [2.75, 3.05) is 0 Å². The Balaban J connectivity index is 2.17. The molecule has 0 amide bonds. The van der Waals surface area contributed by atoms with E-state index in [0.29, 0.717) is 0 Å². The number of carbonyl (C=O) groups is 1. The molecule has 0 N–H and O–H groups in total. The summed E-state index contributed by atoms with van der Waals surface area (Å²) in [5.74, 6) is 0.532. The Morgan fingerprint density at radius 3 is 2.70 bits per heavy atom. The summed E-state index contributed by atoms with van der Waals surface area (Å²) >= 11 is 0. The van der Waals surface area contributed by atoms with E-state index in [9.17, 15) is 4.79 Å². The third-order valence-electron chi connectivity index (χ3n) is 2.93. The predicted molar refractivity (Wildman–Crippen MR) is 79.7 cm³/mol. The Bertz CT molecular complexity index is 548. The lowest BCUT2D eigenvalue weighted by Gasteiger charge is -2.18. The average molecular weight is 274 g/mol. The van der Waals surface area contributed by atoms with Gasteiger partial charge in [-0.15, -0.1) is 0 Å². The molecule has 3 heteroatoms. The van der Waals surface area contributed by atoms with Gasteiger partial charge in [-0.2, -0.15) is 0 Å². The Morgan fingerprint density at radius 2 is 2.05 bits per heavy atom. The first kappa shape index (κ1) is 14.6. The first-order valence-electron chi connectivity index (χ1n) is 6.88. The standard InChI is InChI=1S/C17H22O3/c1-16(2,3)19-14(18)10-9-12-7-6-8-13-11-17(4,5)20-15(12)13/h6-10H,11H2,1-5H3/b10-9+. The first-order valence-corrected chi connectivity index (χ1v) is 6.88. The summed E-state index contributed by atoms with van der Waals surface area (Å²) in [6.45, 7) is 9.68. The largest absolute Gasteiger partial charge is 0.487 e. The van der Waals surface area contributed by atoms with Crippen LogP contribution >= 0.6 is 0 Å². The van der Waals surface area contributed by atoms with Gasteiger partial charge >= 0.3 is 5.97 Å². The molecule has 0 spiro atoms. The molecule has 1 aromatic rings. The zero-order valence-electron chi connectivity index (χ0n) is 12.8. The molecule has 0 radical (unpaired) electrons. The van der Waals surface area contributed by atoms with Crippen LogP contribution in [0.3, 0.4) is 0 Å². The third-order valence-corrected chi connectivity index (χ3v) is 2.93. The van der Waals surface area contributed by atoms with Crippen molar-refractivity contribution in [2.24, 2.45) is 0 Å². The second kappa shape index (κ2) is 4.97. The highest BCUT2D eigenvalue weighted by molar-refractivity contribution is 5.88. The van der Waals surface area contributed by atoms with Crippen molar-refractivity contribution in [2.45, 2.75) is 52.2 Å². The summed E-state index contributed by atoms with van der Waals surface area (Å²) in [5, 5.41) is 0. The molecule has 0 unspecified atom stereocenters.